The van der Waals surface area contributed by atoms with E-state index in [2.05, 4.69) is 20.7 Å². The Hall–Kier alpha value is -0.210. The molecule has 1 rings (SSSR count). The predicted octanol–water partition coefficient (Wildman–Crippen LogP) is 2.56. The van der Waals surface area contributed by atoms with Crippen molar-refractivity contribution in [3.63, 3.8) is 0 Å². The Morgan fingerprint density at radius 1 is 1.53 bits per heavy atom. The molecule has 0 radical (unpaired) electrons. The number of benzene rings is 1. The highest BCUT2D eigenvalue weighted by molar-refractivity contribution is 9.09. The van der Waals surface area contributed by atoms with Gasteiger partial charge in [0.05, 0.1) is 11.6 Å². The van der Waals surface area contributed by atoms with Crippen molar-refractivity contribution >= 4 is 37.6 Å². The van der Waals surface area contributed by atoms with Gasteiger partial charge in [-0.3, -0.25) is 0 Å². The molecule has 1 atom stereocenters. The molecule has 0 fully saturated rings. The van der Waals surface area contributed by atoms with Crippen LogP contribution in [0.15, 0.2) is 23.1 Å². The van der Waals surface area contributed by atoms with Gasteiger partial charge in [-0.1, -0.05) is 27.5 Å². The lowest BCUT2D eigenvalue weighted by Crippen LogP contribution is -2.27. The number of halogens is 3. The first-order valence-corrected chi connectivity index (χ1v) is 8.22. The van der Waals surface area contributed by atoms with Gasteiger partial charge >= 0.3 is 0 Å². The zero-order chi connectivity index (χ0) is 14.5. The highest BCUT2D eigenvalue weighted by atomic mass is 79.9. The summed E-state index contributed by atoms with van der Waals surface area (Å²) in [7, 11) is -2.25. The minimum atomic E-state index is -3.81. The van der Waals surface area contributed by atoms with Gasteiger partial charge < -0.3 is 4.74 Å². The second-order valence-electron chi connectivity index (χ2n) is 3.81. The lowest BCUT2D eigenvalue weighted by molar-refractivity contribution is 0.199. The van der Waals surface area contributed by atoms with Crippen LogP contribution >= 0.6 is 27.5 Å². The molecule has 0 heterocycles. The Morgan fingerprint density at radius 2 is 2.21 bits per heavy atom. The monoisotopic (exact) mass is 373 g/mol. The fourth-order valence-electron chi connectivity index (χ4n) is 1.37. The van der Waals surface area contributed by atoms with Gasteiger partial charge in [0, 0.05) is 18.5 Å². The Kier molecular flexibility index (Phi) is 6.68. The normalized spacial score (nSPS) is 13.5. The molecule has 1 aromatic carbocycles. The number of sulfonamides is 1. The molecule has 8 heteroatoms. The maximum atomic E-state index is 13.1. The van der Waals surface area contributed by atoms with Gasteiger partial charge in [-0.15, -0.1) is 0 Å². The number of alkyl halides is 1. The maximum Gasteiger partial charge on any atom is 0.242 e. The van der Waals surface area contributed by atoms with Crippen LogP contribution in [0.1, 0.15) is 6.42 Å². The molecule has 0 amide bonds. The molecule has 0 aromatic heterocycles. The molecular weight excluding hydrogens is 361 g/mol. The van der Waals surface area contributed by atoms with Crippen LogP contribution in [0.2, 0.25) is 5.02 Å². The van der Waals surface area contributed by atoms with Crippen LogP contribution in [0.3, 0.4) is 0 Å². The zero-order valence-electron chi connectivity index (χ0n) is 10.2. The van der Waals surface area contributed by atoms with Crippen molar-refractivity contribution in [3.8, 4) is 0 Å². The summed E-state index contributed by atoms with van der Waals surface area (Å²) < 4.78 is 44.2. The summed E-state index contributed by atoms with van der Waals surface area (Å²) in [5, 5.41) is -0.0128. The first-order chi connectivity index (χ1) is 8.86. The Morgan fingerprint density at radius 3 is 2.84 bits per heavy atom. The third kappa shape index (κ3) is 5.35. The molecule has 1 N–H and O–H groups in total. The number of nitrogens with one attached hydrogen (secondary N) is 1. The third-order valence-corrected chi connectivity index (χ3v) is 4.94. The van der Waals surface area contributed by atoms with E-state index in [1.807, 2.05) is 0 Å². The van der Waals surface area contributed by atoms with Gasteiger partial charge in [0.1, 0.15) is 10.7 Å². The van der Waals surface area contributed by atoms with Crippen molar-refractivity contribution in [2.75, 3.05) is 20.3 Å². The van der Waals surface area contributed by atoms with Crippen molar-refractivity contribution in [1.29, 1.82) is 0 Å². The van der Waals surface area contributed by atoms with Crippen molar-refractivity contribution in [3.05, 3.63) is 29.0 Å². The molecule has 1 aromatic rings. The lowest BCUT2D eigenvalue weighted by atomic mass is 10.3. The topological polar surface area (TPSA) is 55.4 Å². The predicted molar refractivity (Wildman–Crippen MR) is 75.8 cm³/mol. The van der Waals surface area contributed by atoms with Crippen molar-refractivity contribution in [1.82, 2.24) is 4.72 Å². The van der Waals surface area contributed by atoms with E-state index in [0.717, 1.165) is 12.1 Å². The van der Waals surface area contributed by atoms with Crippen LogP contribution in [0, 0.1) is 5.82 Å². The highest BCUT2D eigenvalue weighted by Crippen LogP contribution is 2.22. The Labute approximate surface area is 125 Å². The summed E-state index contributed by atoms with van der Waals surface area (Å²) in [6.45, 7) is 0.677. The second kappa shape index (κ2) is 7.54. The summed E-state index contributed by atoms with van der Waals surface area (Å²) >= 11 is 9.10. The van der Waals surface area contributed by atoms with E-state index in [4.69, 9.17) is 16.3 Å². The van der Waals surface area contributed by atoms with Crippen LogP contribution in [0.5, 0.6) is 0 Å². The molecule has 0 saturated heterocycles. The standard InChI is InChI=1S/C11H14BrClFNO3S/c1-18-7-8(12)4-5-15-19(16,17)11-6-9(14)2-3-10(11)13/h2-3,6,8,15H,4-5,7H2,1H3. The first-order valence-electron chi connectivity index (χ1n) is 5.44. The molecular formula is C11H14BrClFNO3S. The fraction of sp³-hybridized carbons (Fsp3) is 0.455. The van der Waals surface area contributed by atoms with Crippen molar-refractivity contribution < 1.29 is 17.5 Å². The molecule has 19 heavy (non-hydrogen) atoms. The van der Waals surface area contributed by atoms with E-state index >= 15 is 0 Å². The molecule has 1 unspecified atom stereocenters. The van der Waals surface area contributed by atoms with Gasteiger partial charge in [0.25, 0.3) is 0 Å². The maximum absolute atomic E-state index is 13.1. The van der Waals surface area contributed by atoms with Crippen LogP contribution in [-0.4, -0.2) is 33.5 Å². The average Bonchev–Trinajstić information content (AvgIpc) is 2.32. The van der Waals surface area contributed by atoms with Crippen molar-refractivity contribution in [2.45, 2.75) is 16.1 Å². The van der Waals surface area contributed by atoms with E-state index in [9.17, 15) is 12.8 Å². The summed E-state index contributed by atoms with van der Waals surface area (Å²) in [4.78, 5) is -0.213. The smallest absolute Gasteiger partial charge is 0.242 e. The Bertz CT molecular complexity index is 527. The molecule has 0 aliphatic carbocycles. The minimum absolute atomic E-state index is 0.0128. The van der Waals surface area contributed by atoms with Gasteiger partial charge in [-0.2, -0.15) is 0 Å². The van der Waals surface area contributed by atoms with E-state index in [1.165, 1.54) is 6.07 Å². The average molecular weight is 375 g/mol. The van der Waals surface area contributed by atoms with E-state index < -0.39 is 15.8 Å². The van der Waals surface area contributed by atoms with Gasteiger partial charge in [0.2, 0.25) is 10.0 Å². The highest BCUT2D eigenvalue weighted by Gasteiger charge is 2.18. The lowest BCUT2D eigenvalue weighted by Gasteiger charge is -2.11. The van der Waals surface area contributed by atoms with E-state index in [0.29, 0.717) is 13.0 Å². The van der Waals surface area contributed by atoms with Crippen LogP contribution < -0.4 is 4.72 Å². The molecule has 4 nitrogen and oxygen atoms in total. The number of rotatable bonds is 7. The van der Waals surface area contributed by atoms with Gasteiger partial charge in [-0.05, 0) is 24.6 Å². The molecule has 0 aliphatic rings. The molecule has 0 aliphatic heterocycles. The largest absolute Gasteiger partial charge is 0.384 e. The van der Waals surface area contributed by atoms with Crippen LogP contribution in [0.25, 0.3) is 0 Å². The molecule has 108 valence electrons. The van der Waals surface area contributed by atoms with E-state index in [-0.39, 0.29) is 21.3 Å². The molecule has 0 bridgehead atoms. The zero-order valence-corrected chi connectivity index (χ0v) is 13.4. The van der Waals surface area contributed by atoms with Crippen LogP contribution in [0.4, 0.5) is 4.39 Å². The number of hydrogen-bond donors (Lipinski definition) is 1. The summed E-state index contributed by atoms with van der Waals surface area (Å²) in [6.07, 6.45) is 0.542. The summed E-state index contributed by atoms with van der Waals surface area (Å²) in [5.41, 5.74) is 0. The quantitative estimate of drug-likeness (QED) is 0.746. The second-order valence-corrected chi connectivity index (χ2v) is 7.25. The minimum Gasteiger partial charge on any atom is -0.384 e. The third-order valence-electron chi connectivity index (χ3n) is 2.28. The summed E-state index contributed by atoms with van der Waals surface area (Å²) in [5.74, 6) is -0.650. The fourth-order valence-corrected chi connectivity index (χ4v) is 3.43. The number of hydrogen-bond acceptors (Lipinski definition) is 3. The summed E-state index contributed by atoms with van der Waals surface area (Å²) in [6, 6.07) is 3.21. The SMILES string of the molecule is COCC(Br)CCNS(=O)(=O)c1cc(F)ccc1Cl. The number of ether oxygens (including phenoxy) is 1. The molecule has 0 saturated carbocycles. The first kappa shape index (κ1) is 16.8. The number of methoxy groups -OCH3 is 1. The molecule has 0 spiro atoms. The van der Waals surface area contributed by atoms with E-state index in [1.54, 1.807) is 7.11 Å². The van der Waals surface area contributed by atoms with Crippen molar-refractivity contribution in [2.24, 2.45) is 0 Å². The Balaban J connectivity index is 2.68. The van der Waals surface area contributed by atoms with Gasteiger partial charge in [0.15, 0.2) is 0 Å². The van der Waals surface area contributed by atoms with Gasteiger partial charge in [-0.25, -0.2) is 17.5 Å². The van der Waals surface area contributed by atoms with Crippen LogP contribution in [-0.2, 0) is 14.8 Å².